The van der Waals surface area contributed by atoms with Crippen LogP contribution in [0.15, 0.2) is 30.3 Å². The highest BCUT2D eigenvalue weighted by Gasteiger charge is 2.06. The average Bonchev–Trinajstić information content (AvgIpc) is 2.43. The van der Waals surface area contributed by atoms with Crippen molar-refractivity contribution in [2.75, 3.05) is 11.9 Å². The maximum Gasteiger partial charge on any atom is 0.132 e. The van der Waals surface area contributed by atoms with E-state index in [1.165, 1.54) is 6.07 Å². The van der Waals surface area contributed by atoms with Gasteiger partial charge in [-0.25, -0.2) is 9.37 Å². The third-order valence-corrected chi connectivity index (χ3v) is 3.13. The van der Waals surface area contributed by atoms with Crippen LogP contribution >= 0.6 is 11.6 Å². The van der Waals surface area contributed by atoms with Crippen LogP contribution in [-0.2, 0) is 6.61 Å². The van der Waals surface area contributed by atoms with Crippen molar-refractivity contribution in [3.63, 3.8) is 0 Å². The summed E-state index contributed by atoms with van der Waals surface area (Å²) in [6.07, 6.45) is 0. The van der Waals surface area contributed by atoms with E-state index in [9.17, 15) is 4.39 Å². The number of aromatic nitrogens is 1. The van der Waals surface area contributed by atoms with E-state index in [0.29, 0.717) is 22.0 Å². The molecule has 1 heterocycles. The molecule has 0 fully saturated rings. The quantitative estimate of drug-likeness (QED) is 0.897. The Hall–Kier alpha value is -1.81. The summed E-state index contributed by atoms with van der Waals surface area (Å²) in [4.78, 5) is 4.37. The summed E-state index contributed by atoms with van der Waals surface area (Å²) in [7, 11) is 0. The van der Waals surface area contributed by atoms with Gasteiger partial charge in [0, 0.05) is 6.54 Å². The van der Waals surface area contributed by atoms with Gasteiger partial charge in [-0.05, 0) is 49.7 Å². The van der Waals surface area contributed by atoms with E-state index in [1.54, 1.807) is 25.1 Å². The van der Waals surface area contributed by atoms with Gasteiger partial charge in [-0.15, -0.1) is 0 Å². The van der Waals surface area contributed by atoms with Gasteiger partial charge in [0.15, 0.2) is 0 Å². The van der Waals surface area contributed by atoms with Gasteiger partial charge in [0.2, 0.25) is 0 Å². The Morgan fingerprint density at radius 3 is 2.80 bits per heavy atom. The molecule has 106 valence electrons. The molecule has 0 bridgehead atoms. The maximum atomic E-state index is 13.2. The summed E-state index contributed by atoms with van der Waals surface area (Å²) < 4.78 is 18.8. The zero-order valence-corrected chi connectivity index (χ0v) is 12.2. The molecule has 1 N–H and O–H groups in total. The van der Waals surface area contributed by atoms with Gasteiger partial charge in [-0.2, -0.15) is 0 Å². The second kappa shape index (κ2) is 6.57. The van der Waals surface area contributed by atoms with E-state index in [0.717, 1.165) is 12.4 Å². The van der Waals surface area contributed by atoms with Crippen LogP contribution in [0, 0.1) is 12.7 Å². The van der Waals surface area contributed by atoms with Crippen molar-refractivity contribution in [1.29, 1.82) is 0 Å². The number of ether oxygens (including phenoxy) is 1. The van der Waals surface area contributed by atoms with Crippen LogP contribution in [0.25, 0.3) is 0 Å². The highest BCUT2D eigenvalue weighted by atomic mass is 35.5. The van der Waals surface area contributed by atoms with E-state index in [2.05, 4.69) is 10.3 Å². The number of aryl methyl sites for hydroxylation is 1. The predicted octanol–water partition coefficient (Wildman–Crippen LogP) is 4.19. The topological polar surface area (TPSA) is 34.1 Å². The minimum absolute atomic E-state index is 0.239. The van der Waals surface area contributed by atoms with E-state index < -0.39 is 0 Å². The Balaban J connectivity index is 2.09. The molecule has 0 saturated heterocycles. The number of pyridine rings is 1. The van der Waals surface area contributed by atoms with Crippen LogP contribution in [0.2, 0.25) is 5.02 Å². The lowest BCUT2D eigenvalue weighted by Gasteiger charge is -2.10. The molecule has 1 aromatic heterocycles. The van der Waals surface area contributed by atoms with Crippen LogP contribution in [0.3, 0.4) is 0 Å². The molecule has 0 saturated carbocycles. The summed E-state index contributed by atoms with van der Waals surface area (Å²) >= 11 is 6.09. The average molecular weight is 295 g/mol. The molecule has 0 amide bonds. The predicted molar refractivity (Wildman–Crippen MR) is 78.9 cm³/mol. The molecule has 0 atom stereocenters. The van der Waals surface area contributed by atoms with Gasteiger partial charge < -0.3 is 10.1 Å². The Kier molecular flexibility index (Phi) is 4.79. The molecule has 20 heavy (non-hydrogen) atoms. The second-order valence-electron chi connectivity index (χ2n) is 4.36. The van der Waals surface area contributed by atoms with Crippen molar-refractivity contribution < 1.29 is 9.13 Å². The van der Waals surface area contributed by atoms with Crippen molar-refractivity contribution in [2.45, 2.75) is 20.5 Å². The van der Waals surface area contributed by atoms with Crippen LogP contribution in [0.1, 0.15) is 18.2 Å². The number of benzene rings is 1. The van der Waals surface area contributed by atoms with Gasteiger partial charge in [0.05, 0.1) is 10.7 Å². The lowest BCUT2D eigenvalue weighted by molar-refractivity contribution is 0.301. The van der Waals surface area contributed by atoms with Gasteiger partial charge >= 0.3 is 0 Å². The van der Waals surface area contributed by atoms with Gasteiger partial charge in [0.25, 0.3) is 0 Å². The number of rotatable bonds is 5. The molecule has 0 aliphatic heterocycles. The zero-order chi connectivity index (χ0) is 14.5. The van der Waals surface area contributed by atoms with Gasteiger partial charge in [-0.1, -0.05) is 11.6 Å². The minimum Gasteiger partial charge on any atom is -0.487 e. The molecule has 0 spiro atoms. The Bertz CT molecular complexity index is 604. The number of nitrogens with one attached hydrogen (secondary N) is 1. The standard InChI is InChI=1S/C15H16ClFN2O/c1-3-18-15-7-5-12(16)14(19-15)9-20-11-4-6-13(17)10(2)8-11/h4-8H,3,9H2,1-2H3,(H,18,19). The van der Waals surface area contributed by atoms with Crippen molar-refractivity contribution in [3.05, 3.63) is 52.4 Å². The van der Waals surface area contributed by atoms with Gasteiger partial charge in [-0.3, -0.25) is 0 Å². The first kappa shape index (κ1) is 14.6. The van der Waals surface area contributed by atoms with Crippen molar-refractivity contribution in [1.82, 2.24) is 4.98 Å². The van der Waals surface area contributed by atoms with Crippen LogP contribution in [0.4, 0.5) is 10.2 Å². The monoisotopic (exact) mass is 294 g/mol. The summed E-state index contributed by atoms with van der Waals surface area (Å²) in [6.45, 7) is 4.71. The number of hydrogen-bond acceptors (Lipinski definition) is 3. The van der Waals surface area contributed by atoms with E-state index in [4.69, 9.17) is 16.3 Å². The summed E-state index contributed by atoms with van der Waals surface area (Å²) in [5.74, 6) is 1.10. The molecule has 3 nitrogen and oxygen atoms in total. The van der Waals surface area contributed by atoms with Crippen LogP contribution < -0.4 is 10.1 Å². The summed E-state index contributed by atoms with van der Waals surface area (Å²) in [5, 5.41) is 3.66. The van der Waals surface area contributed by atoms with E-state index in [1.807, 2.05) is 13.0 Å². The molecule has 2 aromatic rings. The van der Waals surface area contributed by atoms with Gasteiger partial charge in [0.1, 0.15) is 24.0 Å². The summed E-state index contributed by atoms with van der Waals surface area (Å²) in [5.41, 5.74) is 1.19. The lowest BCUT2D eigenvalue weighted by atomic mass is 10.2. The highest BCUT2D eigenvalue weighted by molar-refractivity contribution is 6.31. The Labute approximate surface area is 122 Å². The number of nitrogens with zero attached hydrogens (tertiary/aromatic N) is 1. The molecule has 0 aliphatic rings. The molecule has 0 aliphatic carbocycles. The van der Waals surface area contributed by atoms with E-state index in [-0.39, 0.29) is 12.4 Å². The lowest BCUT2D eigenvalue weighted by Crippen LogP contribution is -2.04. The summed E-state index contributed by atoms with van der Waals surface area (Å²) in [6, 6.07) is 8.22. The highest BCUT2D eigenvalue weighted by Crippen LogP contribution is 2.21. The Morgan fingerprint density at radius 1 is 1.30 bits per heavy atom. The third-order valence-electron chi connectivity index (χ3n) is 2.78. The molecular formula is C15H16ClFN2O. The molecule has 0 radical (unpaired) electrons. The minimum atomic E-state index is -0.248. The van der Waals surface area contributed by atoms with Crippen molar-refractivity contribution in [2.24, 2.45) is 0 Å². The molecule has 5 heteroatoms. The normalized spacial score (nSPS) is 10.4. The number of hydrogen-bond donors (Lipinski definition) is 1. The number of halogens is 2. The first-order valence-electron chi connectivity index (χ1n) is 6.38. The SMILES string of the molecule is CCNc1ccc(Cl)c(COc2ccc(F)c(C)c2)n1. The van der Waals surface area contributed by atoms with Crippen LogP contribution in [-0.4, -0.2) is 11.5 Å². The third kappa shape index (κ3) is 3.61. The van der Waals surface area contributed by atoms with Crippen LogP contribution in [0.5, 0.6) is 5.75 Å². The second-order valence-corrected chi connectivity index (χ2v) is 4.76. The fraction of sp³-hybridized carbons (Fsp3) is 0.267. The fourth-order valence-electron chi connectivity index (χ4n) is 1.72. The van der Waals surface area contributed by atoms with E-state index >= 15 is 0 Å². The molecule has 0 unspecified atom stereocenters. The Morgan fingerprint density at radius 2 is 2.10 bits per heavy atom. The smallest absolute Gasteiger partial charge is 0.132 e. The fourth-order valence-corrected chi connectivity index (χ4v) is 1.88. The first-order valence-corrected chi connectivity index (χ1v) is 6.76. The molecule has 2 rings (SSSR count). The zero-order valence-electron chi connectivity index (χ0n) is 11.4. The van der Waals surface area contributed by atoms with Crippen molar-refractivity contribution >= 4 is 17.4 Å². The molecular weight excluding hydrogens is 279 g/mol. The maximum absolute atomic E-state index is 13.2. The first-order chi connectivity index (χ1) is 9.60. The van der Waals surface area contributed by atoms with Crippen molar-refractivity contribution in [3.8, 4) is 5.75 Å². The number of anilines is 1. The molecule has 1 aromatic carbocycles. The largest absolute Gasteiger partial charge is 0.487 e.